The van der Waals surface area contributed by atoms with E-state index in [2.05, 4.69) is 15.6 Å². The van der Waals surface area contributed by atoms with E-state index in [9.17, 15) is 4.79 Å². The molecule has 0 bridgehead atoms. The van der Waals surface area contributed by atoms with Crippen LogP contribution in [0.15, 0.2) is 12.3 Å². The summed E-state index contributed by atoms with van der Waals surface area (Å²) in [6.45, 7) is 4.73. The van der Waals surface area contributed by atoms with Gasteiger partial charge in [-0.25, -0.2) is 4.98 Å². The number of carbonyl (C=O) groups excluding carboxylic acids is 1. The lowest BCUT2D eigenvalue weighted by Gasteiger charge is -2.11. The fourth-order valence-electron chi connectivity index (χ4n) is 1.57. The number of hydrogen-bond acceptors (Lipinski definition) is 5. The molecule has 100 valence electrons. The van der Waals surface area contributed by atoms with Gasteiger partial charge in [0.15, 0.2) is 0 Å². The number of rotatable bonds is 8. The number of ether oxygens (including phenoxy) is 1. The Hall–Kier alpha value is -1.66. The normalized spacial score (nSPS) is 10.3. The molecule has 0 aliphatic rings. The van der Waals surface area contributed by atoms with Gasteiger partial charge in [-0.05, 0) is 18.6 Å². The smallest absolute Gasteiger partial charge is 0.252 e. The summed E-state index contributed by atoms with van der Waals surface area (Å²) in [6.07, 6.45) is 1.66. The number of aryl methyl sites for hydroxylation is 1. The fourth-order valence-corrected chi connectivity index (χ4v) is 1.57. The van der Waals surface area contributed by atoms with Gasteiger partial charge in [0.05, 0.1) is 12.2 Å². The van der Waals surface area contributed by atoms with Crippen LogP contribution in [0, 0.1) is 6.92 Å². The van der Waals surface area contributed by atoms with Gasteiger partial charge in [-0.2, -0.15) is 0 Å². The molecule has 1 aromatic rings. The highest BCUT2D eigenvalue weighted by Gasteiger charge is 2.11. The number of nitrogens with one attached hydrogen (secondary N) is 2. The zero-order valence-corrected chi connectivity index (χ0v) is 10.8. The SMILES string of the molecule is COCCNCCNc1nccc(C)c1C(N)=O. The third-order valence-electron chi connectivity index (χ3n) is 2.48. The summed E-state index contributed by atoms with van der Waals surface area (Å²) in [5, 5.41) is 6.29. The summed E-state index contributed by atoms with van der Waals surface area (Å²) in [5.74, 6) is 0.0754. The number of methoxy groups -OCH3 is 1. The summed E-state index contributed by atoms with van der Waals surface area (Å²) in [6, 6.07) is 1.77. The van der Waals surface area contributed by atoms with Crippen molar-refractivity contribution in [1.29, 1.82) is 0 Å². The van der Waals surface area contributed by atoms with Crippen molar-refractivity contribution >= 4 is 11.7 Å². The Labute approximate surface area is 107 Å². The van der Waals surface area contributed by atoms with E-state index >= 15 is 0 Å². The first-order chi connectivity index (χ1) is 8.66. The first kappa shape index (κ1) is 14.4. The number of aromatic nitrogens is 1. The van der Waals surface area contributed by atoms with E-state index in [-0.39, 0.29) is 0 Å². The molecule has 4 N–H and O–H groups in total. The van der Waals surface area contributed by atoms with Crippen LogP contribution in [0.3, 0.4) is 0 Å². The Kier molecular flexibility index (Phi) is 6.10. The van der Waals surface area contributed by atoms with Gasteiger partial charge < -0.3 is 21.1 Å². The molecule has 6 nitrogen and oxygen atoms in total. The van der Waals surface area contributed by atoms with Crippen LogP contribution in [0.5, 0.6) is 0 Å². The van der Waals surface area contributed by atoms with E-state index in [0.29, 0.717) is 24.5 Å². The lowest BCUT2D eigenvalue weighted by molar-refractivity contribution is 0.1000. The zero-order chi connectivity index (χ0) is 13.4. The molecule has 1 rings (SSSR count). The number of pyridine rings is 1. The van der Waals surface area contributed by atoms with Gasteiger partial charge in [0.25, 0.3) is 5.91 Å². The minimum absolute atomic E-state index is 0.453. The van der Waals surface area contributed by atoms with Gasteiger partial charge in [0, 0.05) is 32.9 Å². The molecule has 0 saturated carbocycles. The maximum Gasteiger partial charge on any atom is 0.252 e. The number of hydrogen-bond donors (Lipinski definition) is 3. The molecule has 1 heterocycles. The number of carbonyl (C=O) groups is 1. The van der Waals surface area contributed by atoms with E-state index in [1.165, 1.54) is 0 Å². The second kappa shape index (κ2) is 7.62. The molecule has 0 aliphatic carbocycles. The molecule has 0 radical (unpaired) electrons. The average molecular weight is 252 g/mol. The molecule has 0 aliphatic heterocycles. The Balaban J connectivity index is 2.47. The minimum atomic E-state index is -0.463. The summed E-state index contributed by atoms with van der Waals surface area (Å²) < 4.78 is 4.92. The molecule has 0 saturated heterocycles. The second-order valence-corrected chi connectivity index (χ2v) is 3.89. The predicted molar refractivity (Wildman–Crippen MR) is 70.7 cm³/mol. The second-order valence-electron chi connectivity index (χ2n) is 3.89. The lowest BCUT2D eigenvalue weighted by atomic mass is 10.1. The first-order valence-corrected chi connectivity index (χ1v) is 5.85. The standard InChI is InChI=1S/C12H20N4O2/c1-9-3-4-15-12(10(9)11(13)17)16-6-5-14-7-8-18-2/h3-4,14H,5-8H2,1-2H3,(H2,13,17)(H,15,16). The maximum atomic E-state index is 11.3. The number of nitrogens with zero attached hydrogens (tertiary/aromatic N) is 1. The molecule has 18 heavy (non-hydrogen) atoms. The molecule has 0 atom stereocenters. The monoisotopic (exact) mass is 252 g/mol. The van der Waals surface area contributed by atoms with Gasteiger partial charge >= 0.3 is 0 Å². The highest BCUT2D eigenvalue weighted by molar-refractivity contribution is 5.98. The highest BCUT2D eigenvalue weighted by Crippen LogP contribution is 2.15. The van der Waals surface area contributed by atoms with Crippen molar-refractivity contribution in [2.45, 2.75) is 6.92 Å². The minimum Gasteiger partial charge on any atom is -0.383 e. The molecule has 1 aromatic heterocycles. The van der Waals surface area contributed by atoms with Crippen molar-refractivity contribution in [3.8, 4) is 0 Å². The van der Waals surface area contributed by atoms with Crippen LogP contribution in [-0.2, 0) is 4.74 Å². The van der Waals surface area contributed by atoms with Crippen LogP contribution in [-0.4, -0.2) is 44.2 Å². The molecule has 0 spiro atoms. The predicted octanol–water partition coefficient (Wildman–Crippen LogP) is 0.137. The quantitative estimate of drug-likeness (QED) is 0.573. The first-order valence-electron chi connectivity index (χ1n) is 5.85. The Morgan fingerprint density at radius 2 is 2.22 bits per heavy atom. The molecular weight excluding hydrogens is 232 g/mol. The van der Waals surface area contributed by atoms with Gasteiger partial charge in [0.2, 0.25) is 0 Å². The topological polar surface area (TPSA) is 89.3 Å². The Morgan fingerprint density at radius 1 is 1.44 bits per heavy atom. The van der Waals surface area contributed by atoms with E-state index in [4.69, 9.17) is 10.5 Å². The van der Waals surface area contributed by atoms with Crippen LogP contribution in [0.1, 0.15) is 15.9 Å². The van der Waals surface area contributed by atoms with E-state index in [1.807, 2.05) is 6.92 Å². The zero-order valence-electron chi connectivity index (χ0n) is 10.8. The number of primary amides is 1. The van der Waals surface area contributed by atoms with E-state index in [1.54, 1.807) is 19.4 Å². The molecule has 0 unspecified atom stereocenters. The van der Waals surface area contributed by atoms with Crippen molar-refractivity contribution in [2.75, 3.05) is 38.7 Å². The van der Waals surface area contributed by atoms with Gasteiger partial charge in [-0.1, -0.05) is 0 Å². The lowest BCUT2D eigenvalue weighted by Crippen LogP contribution is -2.26. The van der Waals surface area contributed by atoms with Gasteiger partial charge in [0.1, 0.15) is 5.82 Å². The van der Waals surface area contributed by atoms with Crippen molar-refractivity contribution in [2.24, 2.45) is 5.73 Å². The molecular formula is C12H20N4O2. The van der Waals surface area contributed by atoms with E-state index in [0.717, 1.165) is 18.7 Å². The number of amides is 1. The number of anilines is 1. The maximum absolute atomic E-state index is 11.3. The fraction of sp³-hybridized carbons (Fsp3) is 0.500. The van der Waals surface area contributed by atoms with Crippen LogP contribution in [0.25, 0.3) is 0 Å². The Bertz CT molecular complexity index is 396. The largest absolute Gasteiger partial charge is 0.383 e. The van der Waals surface area contributed by atoms with Crippen molar-refractivity contribution in [3.63, 3.8) is 0 Å². The van der Waals surface area contributed by atoms with Gasteiger partial charge in [-0.3, -0.25) is 4.79 Å². The van der Waals surface area contributed by atoms with Crippen LogP contribution < -0.4 is 16.4 Å². The van der Waals surface area contributed by atoms with Crippen molar-refractivity contribution < 1.29 is 9.53 Å². The molecule has 0 fully saturated rings. The van der Waals surface area contributed by atoms with E-state index < -0.39 is 5.91 Å². The molecule has 1 amide bonds. The van der Waals surface area contributed by atoms with Crippen LogP contribution in [0.2, 0.25) is 0 Å². The average Bonchev–Trinajstić information content (AvgIpc) is 2.33. The van der Waals surface area contributed by atoms with Crippen LogP contribution >= 0.6 is 0 Å². The third-order valence-corrected chi connectivity index (χ3v) is 2.48. The Morgan fingerprint density at radius 3 is 2.89 bits per heavy atom. The third kappa shape index (κ3) is 4.31. The van der Waals surface area contributed by atoms with Crippen molar-refractivity contribution in [3.05, 3.63) is 23.4 Å². The highest BCUT2D eigenvalue weighted by atomic mass is 16.5. The summed E-state index contributed by atoms with van der Waals surface area (Å²) in [5.41, 5.74) is 6.61. The summed E-state index contributed by atoms with van der Waals surface area (Å²) in [7, 11) is 1.66. The molecule has 6 heteroatoms. The van der Waals surface area contributed by atoms with Crippen LogP contribution in [0.4, 0.5) is 5.82 Å². The van der Waals surface area contributed by atoms with Gasteiger partial charge in [-0.15, -0.1) is 0 Å². The molecule has 0 aromatic carbocycles. The summed E-state index contributed by atoms with van der Waals surface area (Å²) in [4.78, 5) is 15.5. The van der Waals surface area contributed by atoms with Crippen molar-refractivity contribution in [1.82, 2.24) is 10.3 Å². The number of nitrogens with two attached hydrogens (primary N) is 1. The summed E-state index contributed by atoms with van der Waals surface area (Å²) >= 11 is 0.